The molecule has 0 heterocycles. The minimum Gasteiger partial charge on any atom is -0.476 e. The van der Waals surface area contributed by atoms with Crippen LogP contribution in [-0.2, 0) is 4.79 Å². The Morgan fingerprint density at radius 1 is 0.900 bits per heavy atom. The molecule has 0 fully saturated rings. The van der Waals surface area contributed by atoms with Crippen molar-refractivity contribution in [2.45, 2.75) is 77.6 Å². The van der Waals surface area contributed by atoms with Gasteiger partial charge in [0.15, 0.2) is 0 Å². The summed E-state index contributed by atoms with van der Waals surface area (Å²) in [6.07, 6.45) is 18.1. The van der Waals surface area contributed by atoms with Gasteiger partial charge in [-0.2, -0.15) is 4.39 Å². The molecule has 20 heavy (non-hydrogen) atoms. The summed E-state index contributed by atoms with van der Waals surface area (Å²) in [5.74, 6) is -2.48. The Labute approximate surface area is 122 Å². The van der Waals surface area contributed by atoms with Crippen LogP contribution in [0.25, 0.3) is 0 Å². The third kappa shape index (κ3) is 13.3. The number of unbranched alkanes of at least 4 members (excludes halogenated alkanes) is 10. The minimum atomic E-state index is -1.46. The van der Waals surface area contributed by atoms with Gasteiger partial charge in [0.2, 0.25) is 5.83 Å². The summed E-state index contributed by atoms with van der Waals surface area (Å²) in [5.41, 5.74) is 0. The van der Waals surface area contributed by atoms with Crippen LogP contribution in [0.2, 0.25) is 0 Å². The van der Waals surface area contributed by atoms with Gasteiger partial charge in [-0.05, 0) is 38.7 Å². The van der Waals surface area contributed by atoms with Gasteiger partial charge in [0, 0.05) is 0 Å². The molecule has 0 amide bonds. The molecule has 0 unspecified atom stereocenters. The largest absolute Gasteiger partial charge is 0.476 e. The van der Waals surface area contributed by atoms with E-state index < -0.39 is 11.8 Å². The quantitative estimate of drug-likeness (QED) is 0.264. The van der Waals surface area contributed by atoms with E-state index in [0.29, 0.717) is 6.42 Å². The lowest BCUT2D eigenvalue weighted by molar-refractivity contribution is -0.134. The zero-order chi connectivity index (χ0) is 15.1. The minimum absolute atomic E-state index is 0.531. The Hall–Kier alpha value is -1.12. The predicted molar refractivity (Wildman–Crippen MR) is 82.4 cm³/mol. The summed E-state index contributed by atoms with van der Waals surface area (Å²) in [4.78, 5) is 10.2. The summed E-state index contributed by atoms with van der Waals surface area (Å²) in [6.45, 7) is 2.06. The second kappa shape index (κ2) is 14.3. The van der Waals surface area contributed by atoms with Crippen molar-refractivity contribution in [3.63, 3.8) is 0 Å². The topological polar surface area (TPSA) is 37.3 Å². The predicted octanol–water partition coefficient (Wildman–Crippen LogP) is 5.79. The zero-order valence-electron chi connectivity index (χ0n) is 12.7. The molecule has 0 saturated carbocycles. The van der Waals surface area contributed by atoms with Crippen LogP contribution in [0.3, 0.4) is 0 Å². The number of aliphatic carboxylic acids is 1. The first kappa shape index (κ1) is 18.9. The number of allylic oxidation sites excluding steroid dienone is 3. The number of rotatable bonds is 13. The van der Waals surface area contributed by atoms with Crippen molar-refractivity contribution < 1.29 is 14.3 Å². The third-order valence-electron chi connectivity index (χ3n) is 3.34. The van der Waals surface area contributed by atoms with Gasteiger partial charge in [-0.25, -0.2) is 4.79 Å². The molecule has 0 aromatic carbocycles. The van der Waals surface area contributed by atoms with E-state index in [2.05, 4.69) is 19.1 Å². The van der Waals surface area contributed by atoms with Crippen LogP contribution in [0.5, 0.6) is 0 Å². The van der Waals surface area contributed by atoms with Gasteiger partial charge < -0.3 is 5.11 Å². The summed E-state index contributed by atoms with van der Waals surface area (Å²) < 4.78 is 12.6. The number of carboxylic acid groups (broad SMARTS) is 1. The molecule has 0 aliphatic rings. The Kier molecular flexibility index (Phi) is 13.5. The highest BCUT2D eigenvalue weighted by molar-refractivity contribution is 5.83. The first-order valence-corrected chi connectivity index (χ1v) is 7.88. The van der Waals surface area contributed by atoms with E-state index in [4.69, 9.17) is 5.11 Å². The highest BCUT2D eigenvalue weighted by atomic mass is 19.1. The van der Waals surface area contributed by atoms with Gasteiger partial charge >= 0.3 is 5.97 Å². The van der Waals surface area contributed by atoms with Crippen molar-refractivity contribution in [2.75, 3.05) is 0 Å². The molecule has 2 nitrogen and oxygen atoms in total. The molecule has 0 spiro atoms. The Morgan fingerprint density at radius 3 is 1.80 bits per heavy atom. The normalized spacial score (nSPS) is 12.2. The Bertz CT molecular complexity index is 295. The van der Waals surface area contributed by atoms with Crippen LogP contribution >= 0.6 is 0 Å². The fourth-order valence-electron chi connectivity index (χ4n) is 2.13. The molecule has 3 heteroatoms. The fraction of sp³-hybridized carbons (Fsp3) is 0.706. The first-order valence-electron chi connectivity index (χ1n) is 7.88. The summed E-state index contributed by atoms with van der Waals surface area (Å²) in [7, 11) is 0. The summed E-state index contributed by atoms with van der Waals surface area (Å²) in [6, 6.07) is 0. The molecule has 0 radical (unpaired) electrons. The van der Waals surface area contributed by atoms with Crippen LogP contribution in [-0.4, -0.2) is 11.1 Å². The number of halogens is 1. The van der Waals surface area contributed by atoms with Crippen LogP contribution in [0.1, 0.15) is 77.6 Å². The lowest BCUT2D eigenvalue weighted by Crippen LogP contribution is -1.94. The maximum atomic E-state index is 12.6. The van der Waals surface area contributed by atoms with Crippen LogP contribution < -0.4 is 0 Å². The maximum absolute atomic E-state index is 12.6. The van der Waals surface area contributed by atoms with Crippen molar-refractivity contribution in [2.24, 2.45) is 0 Å². The average Bonchev–Trinajstić information content (AvgIpc) is 2.43. The smallest absolute Gasteiger partial charge is 0.364 e. The summed E-state index contributed by atoms with van der Waals surface area (Å²) >= 11 is 0. The van der Waals surface area contributed by atoms with E-state index in [1.807, 2.05) is 0 Å². The lowest BCUT2D eigenvalue weighted by Gasteiger charge is -2.01. The average molecular weight is 284 g/mol. The van der Waals surface area contributed by atoms with Crippen LogP contribution in [0.15, 0.2) is 24.1 Å². The first-order chi connectivity index (χ1) is 9.68. The number of carbonyl (C=O) groups is 1. The highest BCUT2D eigenvalue weighted by Gasteiger charge is 2.02. The molecule has 116 valence electrons. The van der Waals surface area contributed by atoms with Crippen molar-refractivity contribution in [1.29, 1.82) is 0 Å². The van der Waals surface area contributed by atoms with Gasteiger partial charge in [0.1, 0.15) is 0 Å². The van der Waals surface area contributed by atoms with Crippen LogP contribution in [0, 0.1) is 0 Å². The van der Waals surface area contributed by atoms with E-state index in [0.717, 1.165) is 12.8 Å². The van der Waals surface area contributed by atoms with E-state index >= 15 is 0 Å². The molecule has 0 aromatic heterocycles. The lowest BCUT2D eigenvalue weighted by atomic mass is 10.1. The second-order valence-corrected chi connectivity index (χ2v) is 5.19. The molecule has 0 atom stereocenters. The van der Waals surface area contributed by atoms with Crippen LogP contribution in [0.4, 0.5) is 4.39 Å². The fourth-order valence-corrected chi connectivity index (χ4v) is 2.13. The maximum Gasteiger partial charge on any atom is 0.364 e. The standard InChI is InChI=1S/C17H29FO2/c1-2-3-4-5-6-7-8-9-10-11-12-13-14-15-16(18)17(19)20/h2-3,15H,4-14H2,1H3,(H,19,20)/b3-2+,16-15?. The van der Waals surface area contributed by atoms with Crippen molar-refractivity contribution in [3.8, 4) is 0 Å². The van der Waals surface area contributed by atoms with Gasteiger partial charge in [-0.3, -0.25) is 0 Å². The van der Waals surface area contributed by atoms with E-state index in [1.54, 1.807) is 0 Å². The molecule has 0 aliphatic heterocycles. The molecule has 0 aliphatic carbocycles. The molecule has 0 saturated heterocycles. The van der Waals surface area contributed by atoms with E-state index in [1.165, 1.54) is 57.4 Å². The molecule has 0 bridgehead atoms. The number of hydrogen-bond acceptors (Lipinski definition) is 1. The molecule has 1 N–H and O–H groups in total. The number of carboxylic acids is 1. The van der Waals surface area contributed by atoms with Crippen molar-refractivity contribution in [3.05, 3.63) is 24.1 Å². The third-order valence-corrected chi connectivity index (χ3v) is 3.34. The van der Waals surface area contributed by atoms with E-state index in [-0.39, 0.29) is 0 Å². The molecule has 0 aromatic rings. The number of hydrogen-bond donors (Lipinski definition) is 1. The SMILES string of the molecule is C/C=C/CCCCCCCCCCCC=C(F)C(=O)O. The zero-order valence-corrected chi connectivity index (χ0v) is 12.7. The summed E-state index contributed by atoms with van der Waals surface area (Å²) in [5, 5.41) is 8.33. The highest BCUT2D eigenvalue weighted by Crippen LogP contribution is 2.12. The van der Waals surface area contributed by atoms with Gasteiger partial charge in [0.05, 0.1) is 0 Å². The Balaban J connectivity index is 3.17. The van der Waals surface area contributed by atoms with Crippen molar-refractivity contribution >= 4 is 5.97 Å². The molecular weight excluding hydrogens is 255 g/mol. The second-order valence-electron chi connectivity index (χ2n) is 5.19. The van der Waals surface area contributed by atoms with E-state index in [9.17, 15) is 9.18 Å². The van der Waals surface area contributed by atoms with Gasteiger partial charge in [-0.15, -0.1) is 0 Å². The van der Waals surface area contributed by atoms with Gasteiger partial charge in [-0.1, -0.05) is 57.1 Å². The molecule has 0 rings (SSSR count). The van der Waals surface area contributed by atoms with Crippen molar-refractivity contribution in [1.82, 2.24) is 0 Å². The Morgan fingerprint density at radius 2 is 1.35 bits per heavy atom. The van der Waals surface area contributed by atoms with Gasteiger partial charge in [0.25, 0.3) is 0 Å². The monoisotopic (exact) mass is 284 g/mol. The molecular formula is C17H29FO2.